The van der Waals surface area contributed by atoms with E-state index in [1.165, 1.54) is 19.1 Å². The van der Waals surface area contributed by atoms with Gasteiger partial charge in [0.05, 0.1) is 12.2 Å². The number of carboxylic acid groups (broad SMARTS) is 1. The van der Waals surface area contributed by atoms with Crippen LogP contribution in [0.1, 0.15) is 22.8 Å². The van der Waals surface area contributed by atoms with E-state index >= 15 is 0 Å². The smallest absolute Gasteiger partial charge is 0.335 e. The predicted octanol–water partition coefficient (Wildman–Crippen LogP) is 0.432. The van der Waals surface area contributed by atoms with Crippen LogP contribution in [0.2, 0.25) is 0 Å². The molecular weight excluding hydrogens is 224 g/mol. The molecule has 5 nitrogen and oxygen atoms in total. The minimum atomic E-state index is -1.33. The Morgan fingerprint density at radius 3 is 2.88 bits per heavy atom. The Hall–Kier alpha value is -1.59. The highest BCUT2D eigenvalue weighted by atomic mass is 16.5. The summed E-state index contributed by atoms with van der Waals surface area (Å²) in [6, 6.07) is 4.56. The van der Waals surface area contributed by atoms with Crippen LogP contribution in [0.25, 0.3) is 0 Å². The third kappa shape index (κ3) is 2.11. The maximum absolute atomic E-state index is 10.8. The van der Waals surface area contributed by atoms with Gasteiger partial charge in [0.1, 0.15) is 17.5 Å². The largest absolute Gasteiger partial charge is 0.487 e. The first-order chi connectivity index (χ1) is 7.94. The van der Waals surface area contributed by atoms with E-state index in [-0.39, 0.29) is 5.56 Å². The molecule has 0 radical (unpaired) electrons. The van der Waals surface area contributed by atoms with E-state index in [4.69, 9.17) is 14.9 Å². The van der Waals surface area contributed by atoms with Crippen LogP contribution in [-0.4, -0.2) is 39.6 Å². The minimum Gasteiger partial charge on any atom is -0.487 e. The number of carbonyl (C=O) groups is 1. The van der Waals surface area contributed by atoms with E-state index in [0.717, 1.165) is 5.56 Å². The fourth-order valence-electron chi connectivity index (χ4n) is 1.83. The van der Waals surface area contributed by atoms with Crippen molar-refractivity contribution in [3.8, 4) is 5.75 Å². The van der Waals surface area contributed by atoms with Crippen LogP contribution in [0.3, 0.4) is 0 Å². The number of rotatable bonds is 3. The van der Waals surface area contributed by atoms with Gasteiger partial charge in [-0.25, -0.2) is 4.79 Å². The lowest BCUT2D eigenvalue weighted by Crippen LogP contribution is -2.45. The molecule has 92 valence electrons. The summed E-state index contributed by atoms with van der Waals surface area (Å²) in [5.74, 6) is -0.432. The number of carboxylic acids is 1. The van der Waals surface area contributed by atoms with E-state index in [1.54, 1.807) is 6.07 Å². The Morgan fingerprint density at radius 1 is 1.59 bits per heavy atom. The van der Waals surface area contributed by atoms with Crippen molar-refractivity contribution >= 4 is 5.97 Å². The molecule has 1 aliphatic rings. The van der Waals surface area contributed by atoms with Gasteiger partial charge in [0.2, 0.25) is 0 Å². The molecule has 0 saturated heterocycles. The number of aliphatic hydroxyl groups is 2. The molecule has 0 aliphatic carbocycles. The number of hydrogen-bond acceptors (Lipinski definition) is 4. The fraction of sp³-hybridized carbons (Fsp3) is 0.417. The molecule has 3 N–H and O–H groups in total. The minimum absolute atomic E-state index is 0.191. The zero-order chi connectivity index (χ0) is 12.6. The van der Waals surface area contributed by atoms with Gasteiger partial charge in [-0.3, -0.25) is 0 Å². The molecule has 0 aromatic heterocycles. The van der Waals surface area contributed by atoms with Crippen LogP contribution >= 0.6 is 0 Å². The molecule has 1 aromatic carbocycles. The molecule has 0 spiro atoms. The van der Waals surface area contributed by atoms with E-state index < -0.39 is 24.3 Å². The standard InChI is InChI=1S/C12H14O5/c1-12(16,6-13)10-5-8-4-7(11(14)15)2-3-9(8)17-10/h2-4,10,13,16H,5-6H2,1H3,(H,14,15)/t10-,12?/m1/s1. The second-order valence-electron chi connectivity index (χ2n) is 4.45. The Kier molecular flexibility index (Phi) is 2.81. The monoisotopic (exact) mass is 238 g/mol. The molecule has 1 aliphatic heterocycles. The van der Waals surface area contributed by atoms with Crippen molar-refractivity contribution in [2.24, 2.45) is 0 Å². The van der Waals surface area contributed by atoms with Crippen LogP contribution in [0.5, 0.6) is 5.75 Å². The lowest BCUT2D eigenvalue weighted by atomic mass is 9.95. The van der Waals surface area contributed by atoms with Crippen molar-refractivity contribution in [2.45, 2.75) is 25.0 Å². The van der Waals surface area contributed by atoms with Gasteiger partial charge in [-0.05, 0) is 30.7 Å². The van der Waals surface area contributed by atoms with Gasteiger partial charge < -0.3 is 20.1 Å². The van der Waals surface area contributed by atoms with Gasteiger partial charge in [-0.1, -0.05) is 0 Å². The van der Waals surface area contributed by atoms with Crippen molar-refractivity contribution in [1.29, 1.82) is 0 Å². The number of benzene rings is 1. The lowest BCUT2D eigenvalue weighted by Gasteiger charge is -2.26. The summed E-state index contributed by atoms with van der Waals surface area (Å²) in [6.45, 7) is 1.08. The molecule has 2 atom stereocenters. The summed E-state index contributed by atoms with van der Waals surface area (Å²) in [5, 5.41) is 27.8. The second kappa shape index (κ2) is 4.01. The highest BCUT2D eigenvalue weighted by Crippen LogP contribution is 2.33. The van der Waals surface area contributed by atoms with E-state index in [2.05, 4.69) is 0 Å². The van der Waals surface area contributed by atoms with Crippen molar-refractivity contribution in [1.82, 2.24) is 0 Å². The van der Waals surface area contributed by atoms with Crippen LogP contribution in [0.4, 0.5) is 0 Å². The maximum Gasteiger partial charge on any atom is 0.335 e. The molecule has 2 rings (SSSR count). The van der Waals surface area contributed by atoms with Crippen LogP contribution < -0.4 is 4.74 Å². The lowest BCUT2D eigenvalue weighted by molar-refractivity contribution is -0.0729. The zero-order valence-electron chi connectivity index (χ0n) is 9.38. The number of ether oxygens (including phenoxy) is 1. The van der Waals surface area contributed by atoms with Crippen molar-refractivity contribution in [3.63, 3.8) is 0 Å². The zero-order valence-corrected chi connectivity index (χ0v) is 9.38. The Bertz CT molecular complexity index is 452. The molecular formula is C12H14O5. The quantitative estimate of drug-likeness (QED) is 0.711. The van der Waals surface area contributed by atoms with Gasteiger partial charge >= 0.3 is 5.97 Å². The van der Waals surface area contributed by atoms with Gasteiger partial charge in [0.25, 0.3) is 0 Å². The van der Waals surface area contributed by atoms with Crippen molar-refractivity contribution < 1.29 is 24.9 Å². The second-order valence-corrected chi connectivity index (χ2v) is 4.45. The molecule has 0 fully saturated rings. The SMILES string of the molecule is CC(O)(CO)[C@H]1Cc2cc(C(=O)O)ccc2O1. The van der Waals surface area contributed by atoms with Gasteiger partial charge in [0.15, 0.2) is 0 Å². The Labute approximate surface area is 98.3 Å². The fourth-order valence-corrected chi connectivity index (χ4v) is 1.83. The summed E-state index contributed by atoms with van der Waals surface area (Å²) in [6.07, 6.45) is -0.157. The third-order valence-corrected chi connectivity index (χ3v) is 3.00. The average Bonchev–Trinajstić information content (AvgIpc) is 2.72. The first-order valence-electron chi connectivity index (χ1n) is 5.30. The Balaban J connectivity index is 2.25. The molecule has 1 aromatic rings. The molecule has 5 heteroatoms. The predicted molar refractivity (Wildman–Crippen MR) is 59.2 cm³/mol. The summed E-state index contributed by atoms with van der Waals surface area (Å²) in [7, 11) is 0. The first kappa shape index (κ1) is 11.9. The summed E-state index contributed by atoms with van der Waals surface area (Å²) < 4.78 is 5.49. The topological polar surface area (TPSA) is 87.0 Å². The molecule has 0 amide bonds. The van der Waals surface area contributed by atoms with Crippen molar-refractivity contribution in [3.05, 3.63) is 29.3 Å². The van der Waals surface area contributed by atoms with Crippen LogP contribution in [0, 0.1) is 0 Å². The van der Waals surface area contributed by atoms with Crippen LogP contribution in [0.15, 0.2) is 18.2 Å². The first-order valence-corrected chi connectivity index (χ1v) is 5.30. The highest BCUT2D eigenvalue weighted by Gasteiger charge is 2.38. The molecule has 0 bridgehead atoms. The highest BCUT2D eigenvalue weighted by molar-refractivity contribution is 5.88. The van der Waals surface area contributed by atoms with Crippen molar-refractivity contribution in [2.75, 3.05) is 6.61 Å². The summed E-state index contributed by atoms with van der Waals surface area (Å²) in [4.78, 5) is 10.8. The molecule has 17 heavy (non-hydrogen) atoms. The molecule has 1 unspecified atom stereocenters. The number of fused-ring (bicyclic) bond motifs is 1. The Morgan fingerprint density at radius 2 is 2.29 bits per heavy atom. The number of aliphatic hydroxyl groups excluding tert-OH is 1. The van der Waals surface area contributed by atoms with E-state index in [9.17, 15) is 9.90 Å². The molecule has 0 saturated carbocycles. The maximum atomic E-state index is 10.8. The number of aromatic carboxylic acids is 1. The van der Waals surface area contributed by atoms with Gasteiger partial charge in [-0.15, -0.1) is 0 Å². The third-order valence-electron chi connectivity index (χ3n) is 3.00. The van der Waals surface area contributed by atoms with E-state index in [0.29, 0.717) is 12.2 Å². The normalized spacial score (nSPS) is 21.5. The number of hydrogen-bond donors (Lipinski definition) is 3. The van der Waals surface area contributed by atoms with Gasteiger partial charge in [0, 0.05) is 6.42 Å². The van der Waals surface area contributed by atoms with Crippen LogP contribution in [-0.2, 0) is 6.42 Å². The average molecular weight is 238 g/mol. The van der Waals surface area contributed by atoms with Gasteiger partial charge in [-0.2, -0.15) is 0 Å². The summed E-state index contributed by atoms with van der Waals surface area (Å²) in [5.41, 5.74) is -0.400. The van der Waals surface area contributed by atoms with E-state index in [1.807, 2.05) is 0 Å². The molecule has 1 heterocycles. The summed E-state index contributed by atoms with van der Waals surface area (Å²) >= 11 is 0.